The van der Waals surface area contributed by atoms with E-state index in [2.05, 4.69) is 26.1 Å². The fourth-order valence-electron chi connectivity index (χ4n) is 3.26. The predicted molar refractivity (Wildman–Crippen MR) is 121 cm³/mol. The third-order valence-electron chi connectivity index (χ3n) is 5.19. The lowest BCUT2D eigenvalue weighted by molar-refractivity contribution is -0.142. The Kier molecular flexibility index (Phi) is 8.04. The summed E-state index contributed by atoms with van der Waals surface area (Å²) < 4.78 is 5.76. The molecule has 162 valence electrons. The van der Waals surface area contributed by atoms with Crippen LogP contribution in [-0.4, -0.2) is 36.4 Å². The number of hydrogen-bond donors (Lipinski definition) is 1. The predicted octanol–water partition coefficient (Wildman–Crippen LogP) is 4.22. The third kappa shape index (κ3) is 6.34. The Bertz CT molecular complexity index is 836. The van der Waals surface area contributed by atoms with Crippen LogP contribution in [0.3, 0.4) is 0 Å². The van der Waals surface area contributed by atoms with Gasteiger partial charge in [-0.05, 0) is 42.0 Å². The van der Waals surface area contributed by atoms with Crippen molar-refractivity contribution < 1.29 is 14.3 Å². The number of rotatable bonds is 8. The van der Waals surface area contributed by atoms with Gasteiger partial charge in [0.1, 0.15) is 11.8 Å². The molecular formula is C25H34N2O3. The zero-order valence-corrected chi connectivity index (χ0v) is 19.0. The molecule has 2 rings (SSSR count). The molecule has 0 aromatic heterocycles. The van der Waals surface area contributed by atoms with E-state index in [4.69, 9.17) is 4.74 Å². The van der Waals surface area contributed by atoms with Crippen LogP contribution < -0.4 is 10.1 Å². The summed E-state index contributed by atoms with van der Waals surface area (Å²) >= 11 is 0. The van der Waals surface area contributed by atoms with Crippen LogP contribution in [0, 0.1) is 6.92 Å². The average Bonchev–Trinajstić information content (AvgIpc) is 2.72. The highest BCUT2D eigenvalue weighted by molar-refractivity contribution is 5.88. The first-order valence-corrected chi connectivity index (χ1v) is 10.5. The molecule has 5 heteroatoms. The van der Waals surface area contributed by atoms with E-state index < -0.39 is 6.04 Å². The fourth-order valence-corrected chi connectivity index (χ4v) is 3.26. The number of hydrogen-bond acceptors (Lipinski definition) is 3. The molecule has 30 heavy (non-hydrogen) atoms. The van der Waals surface area contributed by atoms with Crippen molar-refractivity contribution in [2.45, 2.75) is 59.0 Å². The topological polar surface area (TPSA) is 58.6 Å². The van der Waals surface area contributed by atoms with Crippen LogP contribution in [0.2, 0.25) is 0 Å². The molecule has 1 N–H and O–H groups in total. The maximum absolute atomic E-state index is 13.1. The molecule has 0 bridgehead atoms. The zero-order valence-electron chi connectivity index (χ0n) is 19.0. The summed E-state index contributed by atoms with van der Waals surface area (Å²) in [6.45, 7) is 10.6. The Labute approximate surface area is 180 Å². The van der Waals surface area contributed by atoms with Gasteiger partial charge < -0.3 is 15.0 Å². The first kappa shape index (κ1) is 23.5. The summed E-state index contributed by atoms with van der Waals surface area (Å²) in [7, 11) is 1.59. The standard InChI is InChI=1S/C25H34N2O3/c1-7-22(24(29)26-6)27(16-19-10-8-18(2)9-11-19)23(28)17-30-21-14-12-20(13-15-21)25(3,4)5/h8-15,22H,7,16-17H2,1-6H3,(H,26,29). The summed E-state index contributed by atoms with van der Waals surface area (Å²) in [6.07, 6.45) is 0.525. The lowest BCUT2D eigenvalue weighted by Crippen LogP contribution is -2.49. The molecular weight excluding hydrogens is 376 g/mol. The number of likely N-dealkylation sites (N-methyl/N-ethyl adjacent to an activating group) is 1. The fraction of sp³-hybridized carbons (Fsp3) is 0.440. The maximum Gasteiger partial charge on any atom is 0.261 e. The second-order valence-corrected chi connectivity index (χ2v) is 8.61. The van der Waals surface area contributed by atoms with Crippen molar-refractivity contribution in [3.63, 3.8) is 0 Å². The van der Waals surface area contributed by atoms with E-state index in [9.17, 15) is 9.59 Å². The monoisotopic (exact) mass is 410 g/mol. The first-order chi connectivity index (χ1) is 14.2. The molecule has 2 amide bonds. The van der Waals surface area contributed by atoms with E-state index in [1.165, 1.54) is 5.56 Å². The van der Waals surface area contributed by atoms with Crippen molar-refractivity contribution in [1.29, 1.82) is 0 Å². The second kappa shape index (κ2) is 10.3. The van der Waals surface area contributed by atoms with E-state index in [0.717, 1.165) is 11.1 Å². The zero-order chi connectivity index (χ0) is 22.3. The second-order valence-electron chi connectivity index (χ2n) is 8.61. The highest BCUT2D eigenvalue weighted by atomic mass is 16.5. The number of carbonyl (C=O) groups excluding carboxylic acids is 2. The van der Waals surface area contributed by atoms with Gasteiger partial charge in [-0.2, -0.15) is 0 Å². The molecule has 1 unspecified atom stereocenters. The van der Waals surface area contributed by atoms with Crippen molar-refractivity contribution in [3.05, 3.63) is 65.2 Å². The van der Waals surface area contributed by atoms with Gasteiger partial charge >= 0.3 is 0 Å². The molecule has 5 nitrogen and oxygen atoms in total. The van der Waals surface area contributed by atoms with E-state index in [-0.39, 0.29) is 23.8 Å². The van der Waals surface area contributed by atoms with Gasteiger partial charge in [-0.3, -0.25) is 9.59 Å². The van der Waals surface area contributed by atoms with Crippen LogP contribution in [0.5, 0.6) is 5.75 Å². The van der Waals surface area contributed by atoms with Crippen molar-refractivity contribution in [3.8, 4) is 5.75 Å². The van der Waals surface area contributed by atoms with Crippen LogP contribution in [-0.2, 0) is 21.5 Å². The van der Waals surface area contributed by atoms with Gasteiger partial charge in [0, 0.05) is 13.6 Å². The van der Waals surface area contributed by atoms with E-state index in [1.807, 2.05) is 62.4 Å². The number of ether oxygens (including phenoxy) is 1. The van der Waals surface area contributed by atoms with Crippen LogP contribution in [0.4, 0.5) is 0 Å². The molecule has 1 atom stereocenters. The molecule has 0 aliphatic rings. The smallest absolute Gasteiger partial charge is 0.261 e. The Hall–Kier alpha value is -2.82. The van der Waals surface area contributed by atoms with Gasteiger partial charge in [-0.1, -0.05) is 69.7 Å². The van der Waals surface area contributed by atoms with Crippen LogP contribution in [0.25, 0.3) is 0 Å². The van der Waals surface area contributed by atoms with E-state index >= 15 is 0 Å². The van der Waals surface area contributed by atoms with Gasteiger partial charge in [0.2, 0.25) is 5.91 Å². The van der Waals surface area contributed by atoms with Crippen LogP contribution in [0.1, 0.15) is 50.8 Å². The number of nitrogens with zero attached hydrogens (tertiary/aromatic N) is 1. The SMILES string of the molecule is CCC(C(=O)NC)N(Cc1ccc(C)cc1)C(=O)COc1ccc(C(C)(C)C)cc1. The van der Waals surface area contributed by atoms with E-state index in [1.54, 1.807) is 11.9 Å². The van der Waals surface area contributed by atoms with Crippen molar-refractivity contribution in [1.82, 2.24) is 10.2 Å². The van der Waals surface area contributed by atoms with Crippen molar-refractivity contribution >= 4 is 11.8 Å². The van der Waals surface area contributed by atoms with Gasteiger partial charge in [-0.15, -0.1) is 0 Å². The largest absolute Gasteiger partial charge is 0.484 e. The summed E-state index contributed by atoms with van der Waals surface area (Å²) in [5, 5.41) is 2.67. The Morgan fingerprint density at radius 2 is 1.63 bits per heavy atom. The van der Waals surface area contributed by atoms with Crippen molar-refractivity contribution in [2.24, 2.45) is 0 Å². The van der Waals surface area contributed by atoms with Gasteiger partial charge in [0.05, 0.1) is 0 Å². The maximum atomic E-state index is 13.1. The summed E-state index contributed by atoms with van der Waals surface area (Å²) in [4.78, 5) is 27.1. The van der Waals surface area contributed by atoms with Crippen molar-refractivity contribution in [2.75, 3.05) is 13.7 Å². The van der Waals surface area contributed by atoms with Gasteiger partial charge in [-0.25, -0.2) is 0 Å². The normalized spacial score (nSPS) is 12.2. The number of nitrogens with one attached hydrogen (secondary N) is 1. The first-order valence-electron chi connectivity index (χ1n) is 10.5. The Balaban J connectivity index is 2.14. The van der Waals surface area contributed by atoms with E-state index in [0.29, 0.717) is 18.7 Å². The summed E-state index contributed by atoms with van der Waals surface area (Å²) in [5.41, 5.74) is 3.39. The molecule has 0 heterocycles. The minimum atomic E-state index is -0.546. The molecule has 0 aliphatic heterocycles. The lowest BCUT2D eigenvalue weighted by Gasteiger charge is -2.30. The molecule has 0 fully saturated rings. The molecule has 0 saturated carbocycles. The lowest BCUT2D eigenvalue weighted by atomic mass is 9.87. The minimum Gasteiger partial charge on any atom is -0.484 e. The highest BCUT2D eigenvalue weighted by Crippen LogP contribution is 2.24. The van der Waals surface area contributed by atoms with Crippen LogP contribution in [0.15, 0.2) is 48.5 Å². The Morgan fingerprint density at radius 3 is 2.13 bits per heavy atom. The summed E-state index contributed by atoms with van der Waals surface area (Å²) in [5.74, 6) is 0.248. The Morgan fingerprint density at radius 1 is 1.03 bits per heavy atom. The molecule has 0 saturated heterocycles. The number of aryl methyl sites for hydroxylation is 1. The van der Waals surface area contributed by atoms with Crippen LogP contribution >= 0.6 is 0 Å². The summed E-state index contributed by atoms with van der Waals surface area (Å²) in [6, 6.07) is 15.2. The molecule has 2 aromatic rings. The van der Waals surface area contributed by atoms with Gasteiger partial charge in [0.25, 0.3) is 5.91 Å². The minimum absolute atomic E-state index is 0.0566. The quantitative estimate of drug-likeness (QED) is 0.709. The molecule has 0 aliphatic carbocycles. The number of benzene rings is 2. The average molecular weight is 411 g/mol. The molecule has 2 aromatic carbocycles. The molecule has 0 spiro atoms. The number of amides is 2. The number of carbonyl (C=O) groups is 2. The third-order valence-corrected chi connectivity index (χ3v) is 5.19. The van der Waals surface area contributed by atoms with Gasteiger partial charge in [0.15, 0.2) is 6.61 Å². The highest BCUT2D eigenvalue weighted by Gasteiger charge is 2.28. The molecule has 0 radical (unpaired) electrons.